The van der Waals surface area contributed by atoms with Gasteiger partial charge < -0.3 is 9.79 Å². The van der Waals surface area contributed by atoms with E-state index in [1.165, 1.54) is 0 Å². The molecule has 0 amide bonds. The summed E-state index contributed by atoms with van der Waals surface area (Å²) in [7, 11) is -7.01. The molecule has 0 saturated carbocycles. The van der Waals surface area contributed by atoms with Gasteiger partial charge in [-0.1, -0.05) is 0 Å². The van der Waals surface area contributed by atoms with Crippen molar-refractivity contribution in [3.05, 3.63) is 0 Å². The van der Waals surface area contributed by atoms with E-state index in [0.717, 1.165) is 0 Å². The second kappa shape index (κ2) is 5.74. The monoisotopic (exact) mass is 194 g/mol. The van der Waals surface area contributed by atoms with Crippen LogP contribution in [-0.4, -0.2) is 18.2 Å². The highest BCUT2D eigenvalue weighted by Crippen LogP contribution is 1.98. The van der Waals surface area contributed by atoms with Gasteiger partial charge in [0.1, 0.15) is 0 Å². The third kappa shape index (κ3) is 43.8. The maximum Gasteiger partial charge on any atom is 0.349 e. The molecule has 0 aliphatic heterocycles. The van der Waals surface area contributed by atoms with Crippen molar-refractivity contribution in [1.29, 1.82) is 0 Å². The predicted molar refractivity (Wildman–Crippen MR) is 31.8 cm³/mol. The van der Waals surface area contributed by atoms with Crippen LogP contribution in [0.25, 0.3) is 0 Å². The van der Waals surface area contributed by atoms with Gasteiger partial charge in [0, 0.05) is 0 Å². The summed E-state index contributed by atoms with van der Waals surface area (Å²) in [5.74, 6) is 4.09. The molecule has 10 heavy (non-hydrogen) atoms. The molecule has 0 atom stereocenters. The van der Waals surface area contributed by atoms with Crippen molar-refractivity contribution in [3.63, 3.8) is 0 Å². The van der Waals surface area contributed by atoms with Crippen molar-refractivity contribution >= 4 is 18.6 Å². The van der Waals surface area contributed by atoms with Gasteiger partial charge in [0.15, 0.2) is 0 Å². The Labute approximate surface area is 57.6 Å². The lowest BCUT2D eigenvalue weighted by Crippen LogP contribution is -2.19. The van der Waals surface area contributed by atoms with Gasteiger partial charge >= 0.3 is 18.6 Å². The first-order valence-corrected chi connectivity index (χ1v) is 4.40. The Morgan fingerprint density at radius 1 is 1.40 bits per heavy atom. The molecule has 6 N–H and O–H groups in total. The van der Waals surface area contributed by atoms with Crippen molar-refractivity contribution in [2.45, 2.75) is 0 Å². The fourth-order valence-electron chi connectivity index (χ4n) is 0. The standard InChI is InChI=1S/H4N2O3S.H3O3P/c1-5-6(2,3)4;1-4(2)3/h1H2,(H2,2,3,4);4H,(H2,1,2,3). The Morgan fingerprint density at radius 2 is 1.50 bits per heavy atom. The Morgan fingerprint density at radius 3 is 1.50 bits per heavy atom. The van der Waals surface area contributed by atoms with Gasteiger partial charge in [0.05, 0.1) is 0 Å². The van der Waals surface area contributed by atoms with E-state index < -0.39 is 18.6 Å². The molecule has 0 aromatic rings. The van der Waals surface area contributed by atoms with E-state index >= 15 is 0 Å². The Kier molecular flexibility index (Phi) is 7.26. The van der Waals surface area contributed by atoms with Crippen molar-refractivity contribution < 1.29 is 27.1 Å². The van der Waals surface area contributed by atoms with Crippen molar-refractivity contribution in [2.24, 2.45) is 11.0 Å². The summed E-state index contributed by atoms with van der Waals surface area (Å²) in [6, 6.07) is 0. The highest BCUT2D eigenvalue weighted by Gasteiger charge is 1.92. The Balaban J connectivity index is 0. The van der Waals surface area contributed by atoms with E-state index in [1.807, 2.05) is 0 Å². The molecular weight excluding hydrogens is 187 g/mol. The largest absolute Gasteiger partial charge is 0.349 e. The minimum atomic E-state index is -3.88. The minimum Gasteiger partial charge on any atom is -0.326 e. The summed E-state index contributed by atoms with van der Waals surface area (Å²) in [5.41, 5.74) is 0. The predicted octanol–water partition coefficient (Wildman–Crippen LogP) is -2.56. The van der Waals surface area contributed by atoms with Gasteiger partial charge in [-0.2, -0.15) is 18.6 Å². The molecule has 0 aromatic heterocycles. The van der Waals surface area contributed by atoms with Gasteiger partial charge in [-0.25, -0.2) is 5.14 Å². The fourth-order valence-corrected chi connectivity index (χ4v) is 0. The second-order valence-electron chi connectivity index (χ2n) is 0.872. The van der Waals surface area contributed by atoms with Crippen LogP contribution in [0.1, 0.15) is 0 Å². The third-order valence-corrected chi connectivity index (χ3v) is 0.402. The average molecular weight is 194 g/mol. The van der Waals surface area contributed by atoms with Crippen LogP contribution in [0.15, 0.2) is 0 Å². The summed E-state index contributed by atoms with van der Waals surface area (Å²) in [6.45, 7) is 0. The zero-order valence-corrected chi connectivity index (χ0v) is 6.41. The molecule has 0 aliphatic carbocycles. The highest BCUT2D eigenvalue weighted by atomic mass is 32.2. The molecule has 0 radical (unpaired) electrons. The van der Waals surface area contributed by atoms with Gasteiger partial charge in [-0.3, -0.25) is 4.57 Å². The fraction of sp³-hybridized carbons (Fsp3) is 0. The zero-order valence-electron chi connectivity index (χ0n) is 4.59. The third-order valence-electron chi connectivity index (χ3n) is 0.134. The van der Waals surface area contributed by atoms with E-state index in [-0.39, 0.29) is 0 Å². The van der Waals surface area contributed by atoms with E-state index in [1.54, 1.807) is 0 Å². The van der Waals surface area contributed by atoms with Crippen LogP contribution in [0.4, 0.5) is 0 Å². The van der Waals surface area contributed by atoms with Crippen LogP contribution in [0.5, 0.6) is 0 Å². The maximum atomic E-state index is 9.43. The van der Waals surface area contributed by atoms with E-state index in [4.69, 9.17) is 14.4 Å². The number of hydrogen-bond donors (Lipinski definition) is 4. The first-order chi connectivity index (χ1) is 4.29. The van der Waals surface area contributed by atoms with Crippen molar-refractivity contribution in [2.75, 3.05) is 0 Å². The van der Waals surface area contributed by atoms with Gasteiger partial charge in [-0.15, -0.1) is 0 Å². The summed E-state index contributed by atoms with van der Waals surface area (Å²) in [5, 5.41) is 4.16. The molecule has 8 nitrogen and oxygen atoms in total. The van der Waals surface area contributed by atoms with Crippen LogP contribution in [0, 0.1) is 0 Å². The molecule has 0 fully saturated rings. The first kappa shape index (κ1) is 12.6. The summed E-state index contributed by atoms with van der Waals surface area (Å²) in [6.07, 6.45) is 0. The van der Waals surface area contributed by atoms with E-state index in [0.29, 0.717) is 0 Å². The molecule has 0 saturated heterocycles. The Hall–Kier alpha value is -0.0200. The molecule has 64 valence electrons. The number of rotatable bonds is 1. The molecule has 0 aliphatic rings. The van der Waals surface area contributed by atoms with Crippen LogP contribution in [0.2, 0.25) is 0 Å². The van der Waals surface area contributed by atoms with E-state index in [2.05, 4.69) is 15.3 Å². The molecular formula is H7N2O6PS. The molecule has 10 heteroatoms. The molecule has 0 spiro atoms. The summed E-state index contributed by atoms with van der Waals surface area (Å²) < 4.78 is 30.8. The maximum absolute atomic E-state index is 9.43. The minimum absolute atomic E-state index is 3.13. The van der Waals surface area contributed by atoms with Crippen molar-refractivity contribution in [3.8, 4) is 0 Å². The van der Waals surface area contributed by atoms with Gasteiger partial charge in [0.25, 0.3) is 0 Å². The smallest absolute Gasteiger partial charge is 0.326 e. The molecule has 0 heterocycles. The molecule has 0 bridgehead atoms. The summed E-state index contributed by atoms with van der Waals surface area (Å²) in [4.78, 5) is 14.3. The van der Waals surface area contributed by atoms with Crippen LogP contribution in [0.3, 0.4) is 0 Å². The lowest BCUT2D eigenvalue weighted by Gasteiger charge is -1.83. The highest BCUT2D eigenvalue weighted by molar-refractivity contribution is 7.84. The first-order valence-electron chi connectivity index (χ1n) is 1.62. The van der Waals surface area contributed by atoms with Crippen LogP contribution in [-0.2, 0) is 19.2 Å². The van der Waals surface area contributed by atoms with Gasteiger partial charge in [-0.05, 0) is 0 Å². The SMILES string of the molecule is NOS(N)(=O)=O.O=[PH](O)O. The quantitative estimate of drug-likeness (QED) is 0.264. The van der Waals surface area contributed by atoms with Crippen LogP contribution >= 0.6 is 8.25 Å². The average Bonchev–Trinajstić information content (AvgIpc) is 1.63. The lowest BCUT2D eigenvalue weighted by molar-refractivity contribution is 0.333. The number of nitrogens with two attached hydrogens (primary N) is 2. The molecule has 0 unspecified atom stereocenters. The molecule has 0 rings (SSSR count). The Bertz CT molecular complexity index is 178. The second-order valence-corrected chi connectivity index (χ2v) is 2.61. The van der Waals surface area contributed by atoms with Crippen molar-refractivity contribution in [1.82, 2.24) is 0 Å². The lowest BCUT2D eigenvalue weighted by atomic mass is 13.6. The molecule has 0 aromatic carbocycles. The van der Waals surface area contributed by atoms with Crippen LogP contribution < -0.4 is 11.0 Å². The van der Waals surface area contributed by atoms with Gasteiger partial charge in [0.2, 0.25) is 0 Å². The number of hydrogen-bond acceptors (Lipinski definition) is 5. The van der Waals surface area contributed by atoms with E-state index in [9.17, 15) is 8.42 Å². The topological polar surface area (TPSA) is 153 Å². The zero-order chi connectivity index (χ0) is 8.78. The normalized spacial score (nSPS) is 10.5. The summed E-state index contributed by atoms with van der Waals surface area (Å²) >= 11 is 0.